The molecule has 1 aliphatic rings. The number of carbonyl (C=O) groups excluding carboxylic acids is 1. The molecule has 0 spiro atoms. The van der Waals surface area contributed by atoms with E-state index in [0.717, 1.165) is 44.7 Å². The zero-order valence-corrected chi connectivity index (χ0v) is 24.8. The van der Waals surface area contributed by atoms with E-state index >= 15 is 0 Å². The van der Waals surface area contributed by atoms with Crippen LogP contribution in [0.3, 0.4) is 0 Å². The van der Waals surface area contributed by atoms with Crippen molar-refractivity contribution in [2.45, 2.75) is 44.6 Å². The number of benzene rings is 4. The normalized spacial score (nSPS) is 18.2. The van der Waals surface area contributed by atoms with Crippen molar-refractivity contribution in [3.05, 3.63) is 131 Å². The fraction of sp³-hybridized carbons (Fsp3) is 0.286. The van der Waals surface area contributed by atoms with Crippen molar-refractivity contribution in [3.8, 4) is 11.1 Å². The minimum absolute atomic E-state index is 0.00345. The highest BCUT2D eigenvalue weighted by molar-refractivity contribution is 7.99. The van der Waals surface area contributed by atoms with E-state index in [2.05, 4.69) is 34.9 Å². The van der Waals surface area contributed by atoms with E-state index in [1.165, 1.54) is 0 Å². The number of aliphatic hydroxyl groups is 2. The van der Waals surface area contributed by atoms with Gasteiger partial charge in [-0.1, -0.05) is 91.0 Å². The summed E-state index contributed by atoms with van der Waals surface area (Å²) in [7, 11) is 0. The molecule has 0 radical (unpaired) electrons. The number of rotatable bonds is 12. The highest BCUT2D eigenvalue weighted by Gasteiger charge is 2.32. The van der Waals surface area contributed by atoms with Crippen LogP contribution in [0.5, 0.6) is 0 Å². The Labute approximate surface area is 257 Å². The Hall–Kier alpha value is -3.66. The summed E-state index contributed by atoms with van der Waals surface area (Å²) in [4.78, 5) is 12.4. The largest absolute Gasteiger partial charge is 0.396 e. The lowest BCUT2D eigenvalue weighted by molar-refractivity contribution is -0.245. The van der Waals surface area contributed by atoms with Crippen LogP contribution >= 0.6 is 11.8 Å². The average molecular weight is 599 g/mol. The predicted octanol–water partition coefficient (Wildman–Crippen LogP) is 6.12. The first-order valence-corrected chi connectivity index (χ1v) is 15.7. The lowest BCUT2D eigenvalue weighted by atomic mass is 9.99. The molecule has 1 aliphatic heterocycles. The molecule has 1 saturated heterocycles. The van der Waals surface area contributed by atoms with Crippen molar-refractivity contribution in [3.63, 3.8) is 0 Å². The van der Waals surface area contributed by atoms with Gasteiger partial charge >= 0.3 is 6.03 Å². The Morgan fingerprint density at radius 2 is 1.44 bits per heavy atom. The maximum absolute atomic E-state index is 12.4. The zero-order chi connectivity index (χ0) is 29.9. The average Bonchev–Trinajstić information content (AvgIpc) is 3.07. The molecule has 4 aromatic rings. The van der Waals surface area contributed by atoms with Gasteiger partial charge in [0.15, 0.2) is 6.29 Å². The molecule has 1 heterocycles. The molecular formula is C35H38N2O5S. The highest BCUT2D eigenvalue weighted by atomic mass is 32.2. The van der Waals surface area contributed by atoms with Gasteiger partial charge in [0.25, 0.3) is 0 Å². The van der Waals surface area contributed by atoms with E-state index in [-0.39, 0.29) is 31.5 Å². The number of thioether (sulfide) groups is 1. The van der Waals surface area contributed by atoms with Gasteiger partial charge < -0.3 is 30.3 Å². The number of aliphatic hydroxyl groups excluding tert-OH is 2. The van der Waals surface area contributed by atoms with Crippen molar-refractivity contribution < 1.29 is 24.5 Å². The summed E-state index contributed by atoms with van der Waals surface area (Å²) in [5, 5.41) is 24.5. The molecule has 224 valence electrons. The van der Waals surface area contributed by atoms with Crippen molar-refractivity contribution in [2.75, 3.05) is 18.1 Å². The summed E-state index contributed by atoms with van der Waals surface area (Å²) in [6, 6.07) is 33.8. The first-order chi connectivity index (χ1) is 21.1. The van der Waals surface area contributed by atoms with Crippen LogP contribution in [0.2, 0.25) is 0 Å². The molecule has 8 heteroatoms. The van der Waals surface area contributed by atoms with E-state index in [0.29, 0.717) is 25.3 Å². The molecular weight excluding hydrogens is 560 g/mol. The van der Waals surface area contributed by atoms with Crippen LogP contribution < -0.4 is 10.6 Å². The Kier molecular flexibility index (Phi) is 11.2. The van der Waals surface area contributed by atoms with Crippen LogP contribution in [0, 0.1) is 0 Å². The summed E-state index contributed by atoms with van der Waals surface area (Å²) in [5.74, 6) is 1.43. The molecule has 0 bridgehead atoms. The number of hydrogen-bond acceptors (Lipinski definition) is 6. The maximum Gasteiger partial charge on any atom is 0.315 e. The number of hydrogen-bond donors (Lipinski definition) is 4. The van der Waals surface area contributed by atoms with Crippen LogP contribution in [0.4, 0.5) is 4.79 Å². The van der Waals surface area contributed by atoms with Crippen molar-refractivity contribution in [2.24, 2.45) is 0 Å². The van der Waals surface area contributed by atoms with Gasteiger partial charge in [0.2, 0.25) is 0 Å². The van der Waals surface area contributed by atoms with Crippen LogP contribution in [0.1, 0.15) is 46.6 Å². The molecule has 4 aromatic carbocycles. The molecule has 2 amide bonds. The Morgan fingerprint density at radius 3 is 2.19 bits per heavy atom. The second-order valence-electron chi connectivity index (χ2n) is 10.5. The summed E-state index contributed by atoms with van der Waals surface area (Å²) >= 11 is 1.67. The van der Waals surface area contributed by atoms with Crippen LogP contribution in [-0.4, -0.2) is 40.5 Å². The minimum atomic E-state index is -0.547. The van der Waals surface area contributed by atoms with Gasteiger partial charge in [-0.3, -0.25) is 0 Å². The molecule has 0 aromatic heterocycles. The lowest BCUT2D eigenvalue weighted by Crippen LogP contribution is -2.34. The second-order valence-corrected chi connectivity index (χ2v) is 11.6. The Balaban J connectivity index is 1.26. The highest BCUT2D eigenvalue weighted by Crippen LogP contribution is 2.39. The SMILES string of the molecule is O=C(NCc1ccccc1)NCc1cccc(-c2cccc(C3OC(CSCCO)CC(c4ccc(CO)cc4)O3)c2)c1. The second kappa shape index (κ2) is 15.7. The van der Waals surface area contributed by atoms with E-state index in [1.54, 1.807) is 11.8 Å². The van der Waals surface area contributed by atoms with E-state index in [4.69, 9.17) is 9.47 Å². The van der Waals surface area contributed by atoms with Crippen molar-refractivity contribution >= 4 is 17.8 Å². The standard InChI is InChI=1S/C35H38N2O5S/c38-16-17-43-24-32-20-33(28-14-12-26(23-39)13-15-28)42-34(41-32)31-11-5-10-30(19-31)29-9-4-8-27(18-29)22-37-35(40)36-21-25-6-2-1-3-7-25/h1-15,18-19,32-34,38-39H,16-17,20-24H2,(H2,36,37,40). The third kappa shape index (κ3) is 8.92. The van der Waals surface area contributed by atoms with Crippen molar-refractivity contribution in [1.82, 2.24) is 10.6 Å². The molecule has 3 atom stereocenters. The van der Waals surface area contributed by atoms with Crippen LogP contribution in [-0.2, 0) is 29.2 Å². The molecule has 0 aliphatic carbocycles. The fourth-order valence-electron chi connectivity index (χ4n) is 5.05. The van der Waals surface area contributed by atoms with Gasteiger partial charge in [0.05, 0.1) is 25.4 Å². The van der Waals surface area contributed by atoms with Gasteiger partial charge in [0.1, 0.15) is 0 Å². The van der Waals surface area contributed by atoms with Crippen LogP contribution in [0.25, 0.3) is 11.1 Å². The Morgan fingerprint density at radius 1 is 0.744 bits per heavy atom. The molecule has 4 N–H and O–H groups in total. The van der Waals surface area contributed by atoms with E-state index in [9.17, 15) is 15.0 Å². The predicted molar refractivity (Wildman–Crippen MR) is 170 cm³/mol. The maximum atomic E-state index is 12.4. The summed E-state index contributed by atoms with van der Waals surface area (Å²) < 4.78 is 12.9. The van der Waals surface area contributed by atoms with Gasteiger partial charge in [-0.05, 0) is 45.5 Å². The van der Waals surface area contributed by atoms with Gasteiger partial charge in [-0.25, -0.2) is 4.79 Å². The summed E-state index contributed by atoms with van der Waals surface area (Å²) in [6.45, 7) is 1.02. The monoisotopic (exact) mass is 598 g/mol. The number of amides is 2. The molecule has 0 saturated carbocycles. The molecule has 7 nitrogen and oxygen atoms in total. The number of carbonyl (C=O) groups is 1. The minimum Gasteiger partial charge on any atom is -0.396 e. The first kappa shape index (κ1) is 30.8. The van der Waals surface area contributed by atoms with Gasteiger partial charge in [0, 0.05) is 36.6 Å². The third-order valence-electron chi connectivity index (χ3n) is 7.32. The topological polar surface area (TPSA) is 100 Å². The van der Waals surface area contributed by atoms with Crippen LogP contribution in [0.15, 0.2) is 103 Å². The van der Waals surface area contributed by atoms with Crippen molar-refractivity contribution in [1.29, 1.82) is 0 Å². The van der Waals surface area contributed by atoms with Gasteiger partial charge in [-0.15, -0.1) is 0 Å². The first-order valence-electron chi connectivity index (χ1n) is 14.6. The molecule has 43 heavy (non-hydrogen) atoms. The molecule has 1 fully saturated rings. The Bertz CT molecular complexity index is 1450. The molecule has 5 rings (SSSR count). The third-order valence-corrected chi connectivity index (χ3v) is 8.40. The zero-order valence-electron chi connectivity index (χ0n) is 24.0. The summed E-state index contributed by atoms with van der Waals surface area (Å²) in [6.07, 6.45) is -0.0310. The number of ether oxygens (including phenoxy) is 2. The smallest absolute Gasteiger partial charge is 0.315 e. The van der Waals surface area contributed by atoms with E-state index in [1.807, 2.05) is 78.9 Å². The van der Waals surface area contributed by atoms with E-state index < -0.39 is 6.29 Å². The summed E-state index contributed by atoms with van der Waals surface area (Å²) in [5.41, 5.74) is 6.94. The molecule has 3 unspecified atom stereocenters. The number of nitrogens with one attached hydrogen (secondary N) is 2. The van der Waals surface area contributed by atoms with Gasteiger partial charge in [-0.2, -0.15) is 11.8 Å². The quantitative estimate of drug-likeness (QED) is 0.147. The fourth-order valence-corrected chi connectivity index (χ4v) is 5.82. The number of urea groups is 1. The lowest BCUT2D eigenvalue weighted by Gasteiger charge is -2.36.